The zero-order valence-electron chi connectivity index (χ0n) is 12.7. The molecule has 112 valence electrons. The zero-order valence-corrected chi connectivity index (χ0v) is 12.7. The third-order valence-electron chi connectivity index (χ3n) is 3.46. The molecule has 0 aliphatic heterocycles. The Kier molecular flexibility index (Phi) is 5.07. The van der Waals surface area contributed by atoms with Gasteiger partial charge < -0.3 is 5.32 Å². The Balaban J connectivity index is 2.49. The molecule has 0 saturated heterocycles. The van der Waals surface area contributed by atoms with Gasteiger partial charge >= 0.3 is 0 Å². The van der Waals surface area contributed by atoms with E-state index in [4.69, 9.17) is 0 Å². The van der Waals surface area contributed by atoms with Crippen LogP contribution in [0.5, 0.6) is 0 Å². The fraction of sp³-hybridized carbons (Fsp3) is 0.333. The van der Waals surface area contributed by atoms with E-state index in [0.29, 0.717) is 5.56 Å². The second-order valence-electron chi connectivity index (χ2n) is 5.47. The highest BCUT2D eigenvalue weighted by Crippen LogP contribution is 2.27. The number of halogens is 2. The van der Waals surface area contributed by atoms with Crippen molar-refractivity contribution >= 4 is 0 Å². The molecule has 2 rings (SSSR count). The maximum absolute atomic E-state index is 14.2. The Bertz CT molecular complexity index is 602. The summed E-state index contributed by atoms with van der Waals surface area (Å²) in [5, 5.41) is 3.32. The molecule has 0 spiro atoms. The summed E-state index contributed by atoms with van der Waals surface area (Å²) < 4.78 is 27.9. The zero-order chi connectivity index (χ0) is 15.4. The lowest BCUT2D eigenvalue weighted by Crippen LogP contribution is -2.24. The molecular weight excluding hydrogens is 268 g/mol. The molecule has 0 aliphatic carbocycles. The van der Waals surface area contributed by atoms with Gasteiger partial charge in [0.25, 0.3) is 0 Å². The van der Waals surface area contributed by atoms with E-state index in [2.05, 4.69) is 5.32 Å². The first-order valence-electron chi connectivity index (χ1n) is 7.27. The van der Waals surface area contributed by atoms with Crippen LogP contribution in [0.15, 0.2) is 36.4 Å². The molecule has 0 bridgehead atoms. The van der Waals surface area contributed by atoms with Crippen molar-refractivity contribution in [3.63, 3.8) is 0 Å². The minimum Gasteiger partial charge on any atom is -0.306 e. The van der Waals surface area contributed by atoms with E-state index in [1.165, 1.54) is 18.2 Å². The van der Waals surface area contributed by atoms with Crippen molar-refractivity contribution in [2.24, 2.45) is 0 Å². The largest absolute Gasteiger partial charge is 0.306 e. The lowest BCUT2D eigenvalue weighted by atomic mass is 9.95. The molecule has 0 saturated carbocycles. The smallest absolute Gasteiger partial charge is 0.128 e. The topological polar surface area (TPSA) is 12.0 Å². The third-order valence-corrected chi connectivity index (χ3v) is 3.46. The summed E-state index contributed by atoms with van der Waals surface area (Å²) in [6, 6.07) is 9.56. The van der Waals surface area contributed by atoms with E-state index in [0.717, 1.165) is 29.7 Å². The first kappa shape index (κ1) is 15.6. The highest BCUT2D eigenvalue weighted by molar-refractivity contribution is 5.37. The predicted molar refractivity (Wildman–Crippen MR) is 82.4 cm³/mol. The molecule has 1 unspecified atom stereocenters. The highest BCUT2D eigenvalue weighted by Gasteiger charge is 2.18. The molecule has 1 N–H and O–H groups in total. The lowest BCUT2D eigenvalue weighted by molar-refractivity contribution is 0.542. The van der Waals surface area contributed by atoms with Gasteiger partial charge in [0.15, 0.2) is 0 Å². The molecular formula is C18H21F2N. The quantitative estimate of drug-likeness (QED) is 0.843. The summed E-state index contributed by atoms with van der Waals surface area (Å²) in [7, 11) is 0. The van der Waals surface area contributed by atoms with E-state index in [-0.39, 0.29) is 17.7 Å². The maximum Gasteiger partial charge on any atom is 0.128 e. The molecule has 0 fully saturated rings. The van der Waals surface area contributed by atoms with Crippen molar-refractivity contribution in [3.05, 3.63) is 70.3 Å². The normalized spacial score (nSPS) is 12.4. The molecule has 2 aromatic carbocycles. The molecule has 0 radical (unpaired) electrons. The molecule has 1 atom stereocenters. The average Bonchev–Trinajstić information content (AvgIpc) is 2.42. The van der Waals surface area contributed by atoms with Crippen LogP contribution in [0, 0.1) is 25.5 Å². The summed E-state index contributed by atoms with van der Waals surface area (Å²) in [5.41, 5.74) is 3.14. The van der Waals surface area contributed by atoms with Gasteiger partial charge in [-0.05, 0) is 56.1 Å². The van der Waals surface area contributed by atoms with Gasteiger partial charge in [-0.3, -0.25) is 0 Å². The number of hydrogen-bond donors (Lipinski definition) is 1. The van der Waals surface area contributed by atoms with Gasteiger partial charge in [0.1, 0.15) is 11.6 Å². The molecule has 0 heterocycles. The van der Waals surface area contributed by atoms with E-state index >= 15 is 0 Å². The predicted octanol–water partition coefficient (Wildman–Crippen LogP) is 4.67. The van der Waals surface area contributed by atoms with Gasteiger partial charge in [-0.15, -0.1) is 0 Å². The Morgan fingerprint density at radius 1 is 1.00 bits per heavy atom. The van der Waals surface area contributed by atoms with Crippen molar-refractivity contribution in [2.45, 2.75) is 33.2 Å². The Hall–Kier alpha value is -1.74. The SMILES string of the molecule is CCCNC(c1cc(C)cc(F)c1)c1cc(C)ccc1F. The molecule has 0 aliphatic rings. The summed E-state index contributed by atoms with van der Waals surface area (Å²) in [5.74, 6) is -0.558. The number of hydrogen-bond acceptors (Lipinski definition) is 1. The number of nitrogens with one attached hydrogen (secondary N) is 1. The van der Waals surface area contributed by atoms with Gasteiger partial charge in [0.05, 0.1) is 6.04 Å². The third kappa shape index (κ3) is 3.88. The van der Waals surface area contributed by atoms with Gasteiger partial charge in [-0.2, -0.15) is 0 Å². The van der Waals surface area contributed by atoms with Crippen LogP contribution in [-0.2, 0) is 0 Å². The summed E-state index contributed by atoms with van der Waals surface area (Å²) in [6.07, 6.45) is 0.929. The fourth-order valence-electron chi connectivity index (χ4n) is 2.51. The van der Waals surface area contributed by atoms with Gasteiger partial charge in [-0.25, -0.2) is 8.78 Å². The van der Waals surface area contributed by atoms with E-state index in [9.17, 15) is 8.78 Å². The standard InChI is InChI=1S/C18H21F2N/c1-4-7-21-18(14-8-13(3)9-15(19)11-14)16-10-12(2)5-6-17(16)20/h5-6,8-11,18,21H,4,7H2,1-3H3. The highest BCUT2D eigenvalue weighted by atomic mass is 19.1. The van der Waals surface area contributed by atoms with Gasteiger partial charge in [-0.1, -0.05) is 30.7 Å². The van der Waals surface area contributed by atoms with Crippen LogP contribution in [0.2, 0.25) is 0 Å². The average molecular weight is 289 g/mol. The first-order valence-corrected chi connectivity index (χ1v) is 7.27. The van der Waals surface area contributed by atoms with Crippen molar-refractivity contribution < 1.29 is 8.78 Å². The van der Waals surface area contributed by atoms with Crippen LogP contribution in [0.25, 0.3) is 0 Å². The van der Waals surface area contributed by atoms with Crippen LogP contribution in [0.3, 0.4) is 0 Å². The molecule has 3 heteroatoms. The van der Waals surface area contributed by atoms with Crippen LogP contribution in [-0.4, -0.2) is 6.54 Å². The van der Waals surface area contributed by atoms with Crippen molar-refractivity contribution in [3.8, 4) is 0 Å². The Morgan fingerprint density at radius 3 is 2.43 bits per heavy atom. The Labute approximate surface area is 125 Å². The number of rotatable bonds is 5. The van der Waals surface area contributed by atoms with Crippen molar-refractivity contribution in [1.29, 1.82) is 0 Å². The fourth-order valence-corrected chi connectivity index (χ4v) is 2.51. The summed E-state index contributed by atoms with van der Waals surface area (Å²) in [4.78, 5) is 0. The van der Waals surface area contributed by atoms with E-state index in [1.54, 1.807) is 6.07 Å². The monoisotopic (exact) mass is 289 g/mol. The van der Waals surface area contributed by atoms with Gasteiger partial charge in [0.2, 0.25) is 0 Å². The second kappa shape index (κ2) is 6.81. The maximum atomic E-state index is 14.2. The minimum absolute atomic E-state index is 0.267. The van der Waals surface area contributed by atoms with E-state index < -0.39 is 0 Å². The first-order chi connectivity index (χ1) is 10.0. The van der Waals surface area contributed by atoms with Crippen molar-refractivity contribution in [1.82, 2.24) is 5.32 Å². The summed E-state index contributed by atoms with van der Waals surface area (Å²) in [6.45, 7) is 6.56. The van der Waals surface area contributed by atoms with Crippen LogP contribution >= 0.6 is 0 Å². The lowest BCUT2D eigenvalue weighted by Gasteiger charge is -2.21. The van der Waals surface area contributed by atoms with Crippen LogP contribution < -0.4 is 5.32 Å². The minimum atomic E-state index is -0.334. The van der Waals surface area contributed by atoms with E-state index in [1.807, 2.05) is 32.9 Å². The number of benzene rings is 2. The molecule has 2 aromatic rings. The Morgan fingerprint density at radius 2 is 1.76 bits per heavy atom. The number of aryl methyl sites for hydroxylation is 2. The van der Waals surface area contributed by atoms with Gasteiger partial charge in [0, 0.05) is 5.56 Å². The van der Waals surface area contributed by atoms with Crippen molar-refractivity contribution in [2.75, 3.05) is 6.54 Å². The second-order valence-corrected chi connectivity index (χ2v) is 5.47. The van der Waals surface area contributed by atoms with Crippen LogP contribution in [0.1, 0.15) is 41.6 Å². The molecule has 0 aromatic heterocycles. The molecule has 1 nitrogen and oxygen atoms in total. The molecule has 21 heavy (non-hydrogen) atoms. The van der Waals surface area contributed by atoms with Crippen LogP contribution in [0.4, 0.5) is 8.78 Å². The molecule has 0 amide bonds. The summed E-state index contributed by atoms with van der Waals surface area (Å²) >= 11 is 0.